The minimum Gasteiger partial charge on any atom is -0.497 e. The average Bonchev–Trinajstić information content (AvgIpc) is 2.60. The van der Waals surface area contributed by atoms with E-state index in [1.165, 1.54) is 19.3 Å². The number of H-pyrrole nitrogens is 1. The van der Waals surface area contributed by atoms with E-state index in [1.807, 2.05) is 0 Å². The van der Waals surface area contributed by atoms with Gasteiger partial charge in [-0.15, -0.1) is 0 Å². The SMILES string of the molecule is C=C/C=C(\C=C)Nc1nc(-c2cccc(OC)c2)[nH]c(=O)c1C(=N)F. The second kappa shape index (κ2) is 7.87. The van der Waals surface area contributed by atoms with Gasteiger partial charge >= 0.3 is 0 Å². The third kappa shape index (κ3) is 4.08. The van der Waals surface area contributed by atoms with Gasteiger partial charge in [-0.1, -0.05) is 31.4 Å². The van der Waals surface area contributed by atoms with Crippen LogP contribution in [0, 0.1) is 5.41 Å². The number of methoxy groups -OCH3 is 1. The number of hydrogen-bond donors (Lipinski definition) is 3. The second-order valence-corrected chi connectivity index (χ2v) is 4.87. The van der Waals surface area contributed by atoms with Gasteiger partial charge in [0.2, 0.25) is 5.97 Å². The number of allylic oxidation sites excluding steroid dienone is 3. The van der Waals surface area contributed by atoms with Crippen molar-refractivity contribution in [1.82, 2.24) is 9.97 Å². The van der Waals surface area contributed by atoms with E-state index in [0.29, 0.717) is 17.0 Å². The van der Waals surface area contributed by atoms with Crippen molar-refractivity contribution in [2.45, 2.75) is 0 Å². The van der Waals surface area contributed by atoms with Gasteiger partial charge in [0, 0.05) is 11.3 Å². The molecule has 0 aliphatic rings. The third-order valence-corrected chi connectivity index (χ3v) is 3.26. The molecule has 0 atom stereocenters. The number of halogens is 1. The van der Waals surface area contributed by atoms with E-state index in [1.54, 1.807) is 30.3 Å². The summed E-state index contributed by atoms with van der Waals surface area (Å²) in [4.78, 5) is 19.0. The molecule has 0 unspecified atom stereocenters. The van der Waals surface area contributed by atoms with Crippen molar-refractivity contribution in [3.63, 3.8) is 0 Å². The van der Waals surface area contributed by atoms with Crippen LogP contribution in [0.1, 0.15) is 5.56 Å². The number of nitrogens with zero attached hydrogens (tertiary/aromatic N) is 1. The number of benzene rings is 1. The molecule has 2 rings (SSSR count). The number of aromatic amines is 1. The first-order valence-corrected chi connectivity index (χ1v) is 7.25. The lowest BCUT2D eigenvalue weighted by molar-refractivity contribution is 0.415. The van der Waals surface area contributed by atoms with Crippen molar-refractivity contribution < 1.29 is 9.13 Å². The Hall–Kier alpha value is -3.48. The van der Waals surface area contributed by atoms with Gasteiger partial charge in [-0.05, 0) is 24.3 Å². The molecule has 1 aromatic carbocycles. The van der Waals surface area contributed by atoms with Crippen molar-refractivity contribution in [2.24, 2.45) is 0 Å². The first-order valence-electron chi connectivity index (χ1n) is 7.25. The summed E-state index contributed by atoms with van der Waals surface area (Å²) < 4.78 is 18.7. The number of aromatic nitrogens is 2. The van der Waals surface area contributed by atoms with Crippen molar-refractivity contribution >= 4 is 11.8 Å². The van der Waals surface area contributed by atoms with Crippen LogP contribution in [0.3, 0.4) is 0 Å². The van der Waals surface area contributed by atoms with Gasteiger partial charge in [0.15, 0.2) is 0 Å². The lowest BCUT2D eigenvalue weighted by atomic mass is 10.2. The molecule has 0 aliphatic carbocycles. The lowest BCUT2D eigenvalue weighted by Gasteiger charge is -2.11. The number of hydrogen-bond acceptors (Lipinski definition) is 5. The van der Waals surface area contributed by atoms with Crippen LogP contribution in [0.4, 0.5) is 10.2 Å². The smallest absolute Gasteiger partial charge is 0.265 e. The molecule has 0 saturated heterocycles. The highest BCUT2D eigenvalue weighted by Crippen LogP contribution is 2.22. The van der Waals surface area contributed by atoms with Crippen molar-refractivity contribution in [2.75, 3.05) is 12.4 Å². The lowest BCUT2D eigenvalue weighted by Crippen LogP contribution is -2.21. The van der Waals surface area contributed by atoms with Gasteiger partial charge in [0.05, 0.1) is 7.11 Å². The fraction of sp³-hybridized carbons (Fsp3) is 0.0556. The van der Waals surface area contributed by atoms with Gasteiger partial charge in [-0.2, -0.15) is 4.39 Å². The standard InChI is InChI=1S/C18H17FN4O2/c1-4-7-12(5-2)21-17-14(15(19)20)18(24)23-16(22-17)11-8-6-9-13(10-11)25-3/h4-10,20H,1-2H2,3H3,(H2,21,22,23,24)/b12-7+,20-15?. The maximum Gasteiger partial charge on any atom is 0.265 e. The maximum absolute atomic E-state index is 13.5. The summed E-state index contributed by atoms with van der Waals surface area (Å²) in [5, 5.41) is 9.99. The molecular weight excluding hydrogens is 323 g/mol. The fourth-order valence-corrected chi connectivity index (χ4v) is 2.10. The van der Waals surface area contributed by atoms with E-state index in [4.69, 9.17) is 10.1 Å². The molecule has 0 spiro atoms. The number of anilines is 1. The third-order valence-electron chi connectivity index (χ3n) is 3.26. The molecule has 0 saturated carbocycles. The summed E-state index contributed by atoms with van der Waals surface area (Å²) >= 11 is 0. The van der Waals surface area contributed by atoms with Gasteiger partial charge < -0.3 is 15.0 Å². The highest BCUT2D eigenvalue weighted by atomic mass is 19.1. The summed E-state index contributed by atoms with van der Waals surface area (Å²) in [6.45, 7) is 7.19. The second-order valence-electron chi connectivity index (χ2n) is 4.87. The molecule has 0 aliphatic heterocycles. The minimum absolute atomic E-state index is 0.0953. The zero-order chi connectivity index (χ0) is 18.4. The summed E-state index contributed by atoms with van der Waals surface area (Å²) in [5.41, 5.74) is -0.246. The Morgan fingerprint density at radius 2 is 2.20 bits per heavy atom. The Balaban J connectivity index is 2.63. The first kappa shape index (κ1) is 17.9. The van der Waals surface area contributed by atoms with Crippen LogP contribution < -0.4 is 15.6 Å². The highest BCUT2D eigenvalue weighted by Gasteiger charge is 2.17. The van der Waals surface area contributed by atoms with Crippen molar-refractivity contribution in [1.29, 1.82) is 5.41 Å². The average molecular weight is 340 g/mol. The Bertz CT molecular complexity index is 916. The zero-order valence-electron chi connectivity index (χ0n) is 13.6. The first-order chi connectivity index (χ1) is 12.0. The molecule has 1 aromatic heterocycles. The zero-order valence-corrected chi connectivity index (χ0v) is 13.6. The largest absolute Gasteiger partial charge is 0.497 e. The van der Waals surface area contributed by atoms with Gasteiger partial charge in [-0.3, -0.25) is 10.2 Å². The summed E-state index contributed by atoms with van der Waals surface area (Å²) in [7, 11) is 1.52. The number of ether oxygens (including phenoxy) is 1. The molecular formula is C18H17FN4O2. The Morgan fingerprint density at radius 1 is 1.44 bits per heavy atom. The Labute approximate surface area is 143 Å². The molecule has 128 valence electrons. The van der Waals surface area contributed by atoms with Crippen LogP contribution in [-0.2, 0) is 0 Å². The van der Waals surface area contributed by atoms with Crippen LogP contribution in [0.25, 0.3) is 11.4 Å². The number of nitrogens with one attached hydrogen (secondary N) is 3. The predicted octanol–water partition coefficient (Wildman–Crippen LogP) is 3.41. The number of rotatable bonds is 7. The maximum atomic E-state index is 13.5. The normalized spacial score (nSPS) is 10.9. The molecule has 7 heteroatoms. The van der Waals surface area contributed by atoms with E-state index < -0.39 is 17.1 Å². The van der Waals surface area contributed by atoms with Crippen molar-refractivity contribution in [3.05, 3.63) is 77.3 Å². The minimum atomic E-state index is -1.39. The summed E-state index contributed by atoms with van der Waals surface area (Å²) in [6.07, 6.45) is 4.54. The van der Waals surface area contributed by atoms with Gasteiger partial charge in [-0.25, -0.2) is 4.98 Å². The van der Waals surface area contributed by atoms with Crippen LogP contribution >= 0.6 is 0 Å². The summed E-state index contributed by atoms with van der Waals surface area (Å²) in [6, 6.07) is 6.88. The van der Waals surface area contributed by atoms with E-state index in [0.717, 1.165) is 0 Å². The highest BCUT2D eigenvalue weighted by molar-refractivity contribution is 5.95. The van der Waals surface area contributed by atoms with E-state index >= 15 is 0 Å². The summed E-state index contributed by atoms with van der Waals surface area (Å²) in [5.74, 6) is -0.703. The van der Waals surface area contributed by atoms with Crippen LogP contribution in [0.15, 0.2) is 66.1 Å². The van der Waals surface area contributed by atoms with Gasteiger partial charge in [0.25, 0.3) is 5.56 Å². The molecule has 3 N–H and O–H groups in total. The Kier molecular flexibility index (Phi) is 5.62. The monoisotopic (exact) mass is 340 g/mol. The molecule has 0 amide bonds. The van der Waals surface area contributed by atoms with Crippen LogP contribution in [-0.4, -0.2) is 23.0 Å². The molecule has 0 radical (unpaired) electrons. The molecule has 6 nitrogen and oxygen atoms in total. The Morgan fingerprint density at radius 3 is 2.80 bits per heavy atom. The van der Waals surface area contributed by atoms with Crippen LogP contribution in [0.2, 0.25) is 0 Å². The van der Waals surface area contributed by atoms with Crippen molar-refractivity contribution in [3.8, 4) is 17.1 Å². The van der Waals surface area contributed by atoms with E-state index in [2.05, 4.69) is 28.4 Å². The molecule has 25 heavy (non-hydrogen) atoms. The molecule has 1 heterocycles. The molecule has 0 bridgehead atoms. The fourth-order valence-electron chi connectivity index (χ4n) is 2.10. The predicted molar refractivity (Wildman–Crippen MR) is 96.9 cm³/mol. The van der Waals surface area contributed by atoms with Crippen LogP contribution in [0.5, 0.6) is 5.75 Å². The molecule has 0 fully saturated rings. The topological polar surface area (TPSA) is 90.9 Å². The van der Waals surface area contributed by atoms with Gasteiger partial charge in [0.1, 0.15) is 23.0 Å². The quantitative estimate of drug-likeness (QED) is 0.532. The van der Waals surface area contributed by atoms with E-state index in [9.17, 15) is 9.18 Å². The molecule has 2 aromatic rings. The van der Waals surface area contributed by atoms with E-state index in [-0.39, 0.29) is 11.6 Å².